The molecule has 424 valence electrons. The SMILES string of the molecule is C.C.CC#N.Cc1cc(C)cc(-c2nnc(-c3ccc4c(c3)C[C@@]3(CC4)COC(C)(C)N3Cc3ccccc3)o2)c1.Cc1cc(C)cc(C(=O)NNC(=O)c2ccc3c(c2)C[C@@]2(CC3)COC(C)(C)N2Cc2ccccc2)c1.S.S. The molecule has 14 heteroatoms. The number of aryl methyl sites for hydroxylation is 6. The van der Waals surface area contributed by atoms with Crippen LogP contribution in [0.3, 0.4) is 0 Å². The predicted molar refractivity (Wildman–Crippen MR) is 331 cm³/mol. The van der Waals surface area contributed by atoms with Crippen molar-refractivity contribution in [1.29, 1.82) is 5.26 Å². The maximum Gasteiger partial charge on any atom is 0.269 e. The third-order valence-corrected chi connectivity index (χ3v) is 15.5. The van der Waals surface area contributed by atoms with Crippen molar-refractivity contribution in [3.05, 3.63) is 200 Å². The smallest absolute Gasteiger partial charge is 0.269 e. The molecule has 2 fully saturated rings. The molecule has 6 aromatic carbocycles. The van der Waals surface area contributed by atoms with E-state index in [1.807, 2.05) is 44.2 Å². The molecule has 2 amide bonds. The van der Waals surface area contributed by atoms with Crippen molar-refractivity contribution in [2.24, 2.45) is 0 Å². The van der Waals surface area contributed by atoms with Gasteiger partial charge in [-0.3, -0.25) is 30.2 Å². The molecule has 3 heterocycles. The highest BCUT2D eigenvalue weighted by atomic mass is 32.1. The number of carbonyl (C=O) groups excluding carboxylic acids is 2. The Hall–Kier alpha value is -6.57. The second-order valence-corrected chi connectivity index (χ2v) is 22.2. The lowest BCUT2D eigenvalue weighted by atomic mass is 9.76. The fourth-order valence-electron chi connectivity index (χ4n) is 11.9. The number of ether oxygens (including phenoxy) is 2. The number of rotatable bonds is 8. The van der Waals surface area contributed by atoms with Crippen LogP contribution in [0.4, 0.5) is 0 Å². The van der Waals surface area contributed by atoms with Gasteiger partial charge < -0.3 is 13.9 Å². The zero-order valence-electron chi connectivity index (χ0n) is 46.6. The fourth-order valence-corrected chi connectivity index (χ4v) is 11.9. The van der Waals surface area contributed by atoms with Crippen molar-refractivity contribution >= 4 is 38.8 Å². The zero-order valence-corrected chi connectivity index (χ0v) is 48.6. The average molecular weight is 1120 g/mol. The molecule has 7 aromatic rings. The Morgan fingerprint density at radius 2 is 0.963 bits per heavy atom. The Labute approximate surface area is 489 Å². The number of fused-ring (bicyclic) bond motifs is 2. The minimum absolute atomic E-state index is 0. The van der Waals surface area contributed by atoms with Crippen LogP contribution in [0.1, 0.15) is 139 Å². The normalized spacial score (nSPS) is 19.1. The van der Waals surface area contributed by atoms with Crippen molar-refractivity contribution in [2.75, 3.05) is 13.2 Å². The molecular weight excluding hydrogens is 1030 g/mol. The second-order valence-electron chi connectivity index (χ2n) is 22.2. The molecule has 80 heavy (non-hydrogen) atoms. The van der Waals surface area contributed by atoms with Gasteiger partial charge in [0.2, 0.25) is 11.8 Å². The number of nitriles is 1. The summed E-state index contributed by atoms with van der Waals surface area (Å²) in [7, 11) is 0. The number of hydrogen-bond donors (Lipinski definition) is 2. The Morgan fingerprint density at radius 1 is 0.550 bits per heavy atom. The monoisotopic (exact) mass is 1120 g/mol. The topological polar surface area (TPSA) is 146 Å². The highest BCUT2D eigenvalue weighted by Crippen LogP contribution is 2.46. The van der Waals surface area contributed by atoms with Gasteiger partial charge in [-0.2, -0.15) is 32.3 Å². The van der Waals surface area contributed by atoms with E-state index in [0.29, 0.717) is 29.5 Å². The minimum Gasteiger partial charge on any atom is -0.416 e. The summed E-state index contributed by atoms with van der Waals surface area (Å²) in [6.07, 6.45) is 5.84. The van der Waals surface area contributed by atoms with Crippen LogP contribution in [0.2, 0.25) is 0 Å². The summed E-state index contributed by atoms with van der Waals surface area (Å²) in [6, 6.07) is 47.4. The number of aromatic nitrogens is 2. The lowest BCUT2D eigenvalue weighted by Gasteiger charge is -2.45. The van der Waals surface area contributed by atoms with E-state index < -0.39 is 0 Å². The van der Waals surface area contributed by atoms with Crippen LogP contribution >= 0.6 is 27.0 Å². The van der Waals surface area contributed by atoms with E-state index >= 15 is 0 Å². The number of hydrazine groups is 1. The Bertz CT molecular complexity index is 3240. The molecule has 4 aliphatic rings. The van der Waals surface area contributed by atoms with Gasteiger partial charge in [0.05, 0.1) is 30.4 Å². The Balaban J connectivity index is 0.000000268. The molecule has 2 aliphatic heterocycles. The molecule has 0 bridgehead atoms. The quantitative estimate of drug-likeness (QED) is 0.141. The first-order valence-electron chi connectivity index (χ1n) is 26.5. The minimum atomic E-state index is -0.374. The van der Waals surface area contributed by atoms with Gasteiger partial charge in [0.25, 0.3) is 11.8 Å². The van der Waals surface area contributed by atoms with Crippen LogP contribution in [0, 0.1) is 39.0 Å². The molecule has 2 aliphatic carbocycles. The van der Waals surface area contributed by atoms with E-state index in [2.05, 4.69) is 163 Å². The molecule has 12 nitrogen and oxygen atoms in total. The molecular formula is C66H83N7O5S2. The van der Waals surface area contributed by atoms with Gasteiger partial charge in [-0.1, -0.05) is 122 Å². The van der Waals surface area contributed by atoms with Crippen molar-refractivity contribution in [3.63, 3.8) is 0 Å². The van der Waals surface area contributed by atoms with Gasteiger partial charge in [-0.25, -0.2) is 0 Å². The molecule has 2 atom stereocenters. The van der Waals surface area contributed by atoms with E-state index in [4.69, 9.17) is 19.2 Å². The van der Waals surface area contributed by atoms with E-state index in [9.17, 15) is 9.59 Å². The lowest BCUT2D eigenvalue weighted by Crippen LogP contribution is -2.54. The predicted octanol–water partition coefficient (Wildman–Crippen LogP) is 13.4. The van der Waals surface area contributed by atoms with E-state index in [-0.39, 0.29) is 76.2 Å². The third kappa shape index (κ3) is 14.3. The largest absolute Gasteiger partial charge is 0.416 e. The summed E-state index contributed by atoms with van der Waals surface area (Å²) >= 11 is 0. The van der Waals surface area contributed by atoms with Crippen LogP contribution in [-0.4, -0.2) is 67.6 Å². The average Bonchev–Trinajstić information content (AvgIpc) is 4.23. The highest BCUT2D eigenvalue weighted by molar-refractivity contribution is 7.59. The molecule has 11 rings (SSSR count). The lowest BCUT2D eigenvalue weighted by molar-refractivity contribution is -0.0676. The van der Waals surface area contributed by atoms with Crippen LogP contribution in [-0.2, 0) is 48.2 Å². The zero-order chi connectivity index (χ0) is 53.8. The summed E-state index contributed by atoms with van der Waals surface area (Å²) in [5.74, 6) is 0.463. The maximum absolute atomic E-state index is 13.0. The number of carbonyl (C=O) groups is 2. The summed E-state index contributed by atoms with van der Waals surface area (Å²) in [4.78, 5) is 30.6. The van der Waals surface area contributed by atoms with Crippen LogP contribution in [0.15, 0.2) is 138 Å². The molecule has 2 spiro atoms. The molecule has 0 unspecified atom stereocenters. The van der Waals surface area contributed by atoms with E-state index in [0.717, 1.165) is 80.5 Å². The molecule has 2 saturated heterocycles. The van der Waals surface area contributed by atoms with Crippen molar-refractivity contribution in [2.45, 2.75) is 151 Å². The number of hydrogen-bond acceptors (Lipinski definition) is 10. The Morgan fingerprint density at radius 3 is 1.44 bits per heavy atom. The molecule has 1 aromatic heterocycles. The first-order valence-corrected chi connectivity index (χ1v) is 26.5. The number of benzene rings is 6. The van der Waals surface area contributed by atoms with Crippen LogP contribution in [0.5, 0.6) is 0 Å². The maximum atomic E-state index is 13.0. The second kappa shape index (κ2) is 26.8. The number of nitrogens with zero attached hydrogens (tertiary/aromatic N) is 5. The molecule has 2 N–H and O–H groups in total. The van der Waals surface area contributed by atoms with Crippen molar-refractivity contribution in [1.82, 2.24) is 30.8 Å². The van der Waals surface area contributed by atoms with Gasteiger partial charge in [0.1, 0.15) is 11.4 Å². The van der Waals surface area contributed by atoms with Gasteiger partial charge in [0.15, 0.2) is 0 Å². The van der Waals surface area contributed by atoms with Gasteiger partial charge in [0, 0.05) is 42.3 Å². The van der Waals surface area contributed by atoms with Crippen LogP contribution in [0.25, 0.3) is 22.9 Å². The fraction of sp³-hybridized carbons (Fsp3) is 0.379. The first kappa shape index (κ1) is 64.3. The van der Waals surface area contributed by atoms with Gasteiger partial charge in [-0.15, -0.1) is 10.2 Å². The first-order chi connectivity index (χ1) is 36.4. The summed E-state index contributed by atoms with van der Waals surface area (Å²) in [5.41, 5.74) is 19.4. The Kier molecular flexibility index (Phi) is 21.5. The third-order valence-electron chi connectivity index (χ3n) is 15.5. The van der Waals surface area contributed by atoms with E-state index in [1.165, 1.54) is 51.4 Å². The standard InChI is InChI=1S/C31H35N3O3.C31H33N3O2.C2H3N.2CH4.2H2S/c1-21-14-22(2)16-26(15-21)29(36)33-32-28(35)25-11-10-24-12-13-31(18-27(24)17-25)20-37-30(3,4)34(31)19-23-8-6-5-7-9-23;1-21-14-22(2)16-26(15-21)29-33-32-28(36-29)25-11-10-24-12-13-31(18-27(24)17-25)20-35-30(3,4)34(31)19-23-8-6-5-7-9-23;1-2-3;;;;/h5-11,14-17H,12-13,18-20H2,1-4H3,(H,32,35)(H,33,36);5-11,14-17H,12-13,18-20H2,1-4H3;1H3;2*1H4;2*1H2/t2*31-;;;;;/m00...../s1. The van der Waals surface area contributed by atoms with E-state index in [1.54, 1.807) is 18.2 Å². The van der Waals surface area contributed by atoms with Crippen LogP contribution < -0.4 is 10.9 Å². The summed E-state index contributed by atoms with van der Waals surface area (Å²) in [6.45, 7) is 21.3. The number of nitrogens with one attached hydrogen (secondary N) is 2. The molecule has 0 saturated carbocycles. The molecule has 0 radical (unpaired) electrons. The van der Waals surface area contributed by atoms with Gasteiger partial charge >= 0.3 is 0 Å². The summed E-state index contributed by atoms with van der Waals surface area (Å²) < 4.78 is 18.9. The van der Waals surface area contributed by atoms with Crippen molar-refractivity contribution < 1.29 is 23.5 Å². The number of amides is 2. The highest BCUT2D eigenvalue weighted by Gasteiger charge is 2.53. The summed E-state index contributed by atoms with van der Waals surface area (Å²) in [5, 5.41) is 16.1. The van der Waals surface area contributed by atoms with Crippen molar-refractivity contribution in [3.8, 4) is 29.0 Å². The van der Waals surface area contributed by atoms with Gasteiger partial charge in [-0.05, 0) is 176 Å².